The first-order chi connectivity index (χ1) is 22.6. The van der Waals surface area contributed by atoms with Gasteiger partial charge in [0.25, 0.3) is 0 Å². The van der Waals surface area contributed by atoms with E-state index in [1.807, 2.05) is 0 Å². The van der Waals surface area contributed by atoms with Crippen LogP contribution in [0.2, 0.25) is 0 Å². The molecule has 3 rings (SSSR count). The first-order valence-electron chi connectivity index (χ1n) is 15.9. The van der Waals surface area contributed by atoms with E-state index < -0.39 is 32.2 Å². The Morgan fingerprint density at radius 2 is 1.91 bits per heavy atom. The number of aliphatic hydroxyl groups is 1. The molecule has 2 aromatic rings. The monoisotopic (exact) mass is 698 g/mol. The lowest BCUT2D eigenvalue weighted by atomic mass is 10.1. The van der Waals surface area contributed by atoms with E-state index >= 15 is 0 Å². The second kappa shape index (κ2) is 19.7. The number of esters is 1. The minimum atomic E-state index is -4.11. The molecule has 1 aliphatic rings. The molecule has 1 heterocycles. The molecule has 1 aliphatic carbocycles. The van der Waals surface area contributed by atoms with Crippen molar-refractivity contribution < 1.29 is 37.7 Å². The molecule has 1 aromatic carbocycles. The van der Waals surface area contributed by atoms with Crippen LogP contribution in [0.1, 0.15) is 77.6 Å². The number of nitrogens with zero attached hydrogens (tertiary/aromatic N) is 4. The number of benzene rings is 1. The average Bonchev–Trinajstić information content (AvgIpc) is 3.38. The van der Waals surface area contributed by atoms with Gasteiger partial charge in [-0.3, -0.25) is 14.3 Å². The molecule has 1 saturated carbocycles. The molecule has 0 aliphatic heterocycles. The number of para-hydroxylation sites is 1. The topological polar surface area (TPSA) is 181 Å². The smallest absolute Gasteiger partial charge is 0.459 e. The number of halogens is 1. The number of imidazole rings is 1. The molecule has 1 aromatic heterocycles. The van der Waals surface area contributed by atoms with Gasteiger partial charge in [0, 0.05) is 19.3 Å². The van der Waals surface area contributed by atoms with Crippen LogP contribution in [0.15, 0.2) is 52.8 Å². The van der Waals surface area contributed by atoms with Crippen LogP contribution in [0.4, 0.5) is 0 Å². The molecule has 4 N–H and O–H groups in total. The van der Waals surface area contributed by atoms with Gasteiger partial charge in [0.15, 0.2) is 0 Å². The molecule has 262 valence electrons. The predicted molar refractivity (Wildman–Crippen MR) is 180 cm³/mol. The van der Waals surface area contributed by atoms with E-state index in [0.29, 0.717) is 12.3 Å². The number of hydrogen-bond acceptors (Lipinski definition) is 10. The zero-order chi connectivity index (χ0) is 34.2. The molecular formula is C31H48ClN6O8P. The molecule has 1 fully saturated rings. The molecule has 0 bridgehead atoms. The molecule has 0 radical (unpaired) electrons. The van der Waals surface area contributed by atoms with Gasteiger partial charge in [0.2, 0.25) is 11.9 Å². The summed E-state index contributed by atoms with van der Waals surface area (Å²) in [6.07, 6.45) is 6.08. The number of ether oxygens (including phenoxy) is 3. The van der Waals surface area contributed by atoms with E-state index in [2.05, 4.69) is 20.1 Å². The first kappa shape index (κ1) is 38.4. The fraction of sp³-hybridized carbons (Fsp3) is 0.613. The summed E-state index contributed by atoms with van der Waals surface area (Å²) in [6.45, 7) is 4.97. The Morgan fingerprint density at radius 3 is 2.53 bits per heavy atom. The maximum absolute atomic E-state index is 14.1. The SMILES string of the molecule is CCO/C(=N/C(N)=NC)c1cn([C@@H](CCl)O[C@H](COP(=O)(NC(C)CC(=O)OC2CCCCCC2)Oc2ccccc2)[C@H](C)O)cn1. The average molecular weight is 699 g/mol. The van der Waals surface area contributed by atoms with Crippen LogP contribution in [0.25, 0.3) is 0 Å². The number of carbonyl (C=O) groups excluding carboxylic acids is 1. The maximum atomic E-state index is 14.1. The second-order valence-corrected chi connectivity index (χ2v) is 13.2. The van der Waals surface area contributed by atoms with E-state index in [1.54, 1.807) is 54.9 Å². The number of alkyl halides is 1. The molecule has 47 heavy (non-hydrogen) atoms. The van der Waals surface area contributed by atoms with Crippen molar-refractivity contribution in [2.24, 2.45) is 15.7 Å². The van der Waals surface area contributed by atoms with Crippen LogP contribution >= 0.6 is 19.3 Å². The van der Waals surface area contributed by atoms with Gasteiger partial charge in [-0.2, -0.15) is 4.99 Å². The number of nitrogens with one attached hydrogen (secondary N) is 1. The van der Waals surface area contributed by atoms with Crippen LogP contribution in [0, 0.1) is 0 Å². The van der Waals surface area contributed by atoms with Crippen molar-refractivity contribution >= 4 is 37.2 Å². The van der Waals surface area contributed by atoms with E-state index in [0.717, 1.165) is 38.5 Å². The molecular weight excluding hydrogens is 651 g/mol. The van der Waals surface area contributed by atoms with E-state index in [-0.39, 0.29) is 48.6 Å². The molecule has 2 unspecified atom stereocenters. The number of hydrogen-bond donors (Lipinski definition) is 3. The van der Waals surface area contributed by atoms with E-state index in [9.17, 15) is 14.5 Å². The number of nitrogens with two attached hydrogens (primary N) is 1. The Labute approximate surface area is 281 Å². The fourth-order valence-corrected chi connectivity index (χ4v) is 6.57. The summed E-state index contributed by atoms with van der Waals surface area (Å²) in [4.78, 5) is 25.0. The fourth-order valence-electron chi connectivity index (χ4n) is 4.78. The lowest BCUT2D eigenvalue weighted by Gasteiger charge is -2.29. The van der Waals surface area contributed by atoms with Crippen molar-refractivity contribution in [1.29, 1.82) is 0 Å². The third-order valence-corrected chi connectivity index (χ3v) is 9.17. The Bertz CT molecular complexity index is 1340. The van der Waals surface area contributed by atoms with Crippen molar-refractivity contribution in [2.75, 3.05) is 26.1 Å². The van der Waals surface area contributed by atoms with Crippen molar-refractivity contribution in [2.45, 2.75) is 96.3 Å². The highest BCUT2D eigenvalue weighted by molar-refractivity contribution is 7.52. The summed E-state index contributed by atoms with van der Waals surface area (Å²) in [7, 11) is -2.61. The number of aromatic nitrogens is 2. The van der Waals surface area contributed by atoms with Crippen LogP contribution in [-0.4, -0.2) is 83.0 Å². The standard InChI is InChI=1S/C31H48ClN6O8P/c1-5-42-30(36-31(33)34-4)26-19-38(21-35-26)28(18-32)45-27(23(3)39)20-43-47(41,46-25-15-11-8-12-16-25)37-22(2)17-29(40)44-24-13-9-6-7-10-14-24/h8,11-12,15-16,19,21-24,27-28,39H,5-7,9-10,13-14,17-18,20H2,1-4H3,(H2,33,34)(H,37,41)/b36-30+/t22?,23-,27+,28+,47?/m0/s1. The summed E-state index contributed by atoms with van der Waals surface area (Å²) < 4.78 is 44.7. The van der Waals surface area contributed by atoms with Crippen molar-refractivity contribution in [1.82, 2.24) is 14.6 Å². The highest BCUT2D eigenvalue weighted by Crippen LogP contribution is 2.45. The van der Waals surface area contributed by atoms with Crippen molar-refractivity contribution in [3.8, 4) is 5.75 Å². The Morgan fingerprint density at radius 1 is 1.21 bits per heavy atom. The zero-order valence-electron chi connectivity index (χ0n) is 27.5. The Balaban J connectivity index is 1.71. The maximum Gasteiger partial charge on any atom is 0.459 e. The third-order valence-electron chi connectivity index (χ3n) is 7.21. The van der Waals surface area contributed by atoms with E-state index in [1.165, 1.54) is 20.3 Å². The lowest BCUT2D eigenvalue weighted by molar-refractivity contribution is -0.150. The minimum Gasteiger partial charge on any atom is -0.476 e. The normalized spacial score (nSPS) is 18.8. The molecule has 0 amide bonds. The number of aliphatic hydroxyl groups excluding tert-OH is 1. The van der Waals surface area contributed by atoms with Crippen molar-refractivity contribution in [3.05, 3.63) is 48.5 Å². The summed E-state index contributed by atoms with van der Waals surface area (Å²) in [5.74, 6) is 0.0442. The summed E-state index contributed by atoms with van der Waals surface area (Å²) in [6, 6.07) is 7.88. The zero-order valence-corrected chi connectivity index (χ0v) is 29.1. The largest absolute Gasteiger partial charge is 0.476 e. The predicted octanol–water partition coefficient (Wildman–Crippen LogP) is 4.95. The first-order valence-corrected chi connectivity index (χ1v) is 18.0. The highest BCUT2D eigenvalue weighted by atomic mass is 35.5. The molecule has 14 nitrogen and oxygen atoms in total. The number of guanidine groups is 1. The van der Waals surface area contributed by atoms with Crippen LogP contribution < -0.4 is 15.3 Å². The second-order valence-electron chi connectivity index (χ2n) is 11.2. The van der Waals surface area contributed by atoms with Crippen molar-refractivity contribution in [3.63, 3.8) is 0 Å². The summed E-state index contributed by atoms with van der Waals surface area (Å²) in [5.41, 5.74) is 6.11. The highest BCUT2D eigenvalue weighted by Gasteiger charge is 2.33. The Kier molecular flexibility index (Phi) is 16.1. The molecule has 16 heteroatoms. The van der Waals surface area contributed by atoms with E-state index in [4.69, 9.17) is 40.6 Å². The molecule has 0 spiro atoms. The number of aliphatic imine (C=N–C) groups is 2. The van der Waals surface area contributed by atoms with Gasteiger partial charge in [-0.05, 0) is 58.6 Å². The lowest BCUT2D eigenvalue weighted by Crippen LogP contribution is -2.36. The van der Waals surface area contributed by atoms with Gasteiger partial charge >= 0.3 is 13.7 Å². The number of rotatable bonds is 17. The summed E-state index contributed by atoms with van der Waals surface area (Å²) >= 11 is 6.27. The van der Waals surface area contributed by atoms with Crippen LogP contribution in [0.3, 0.4) is 0 Å². The number of carbonyl (C=O) groups is 1. The molecule has 0 saturated heterocycles. The van der Waals surface area contributed by atoms with Gasteiger partial charge in [-0.1, -0.05) is 31.0 Å². The van der Waals surface area contributed by atoms with Gasteiger partial charge in [0.05, 0.1) is 37.9 Å². The van der Waals surface area contributed by atoms with Crippen LogP contribution in [0.5, 0.6) is 5.75 Å². The van der Waals surface area contributed by atoms with Gasteiger partial charge in [0.1, 0.15) is 29.9 Å². The van der Waals surface area contributed by atoms with Crippen LogP contribution in [-0.2, 0) is 28.1 Å². The van der Waals surface area contributed by atoms with Gasteiger partial charge in [-0.15, -0.1) is 11.6 Å². The Hall–Kier alpha value is -3.00. The summed E-state index contributed by atoms with van der Waals surface area (Å²) in [5, 5.41) is 13.5. The molecule has 5 atom stereocenters. The quantitative estimate of drug-likeness (QED) is 0.0508. The minimum absolute atomic E-state index is 0.0149. The van der Waals surface area contributed by atoms with Gasteiger partial charge < -0.3 is 34.1 Å². The third kappa shape index (κ3) is 13.2. The van der Waals surface area contributed by atoms with Gasteiger partial charge in [-0.25, -0.2) is 14.6 Å².